The van der Waals surface area contributed by atoms with Gasteiger partial charge in [0.15, 0.2) is 0 Å². The summed E-state index contributed by atoms with van der Waals surface area (Å²) in [4.78, 5) is 21.9. The van der Waals surface area contributed by atoms with Gasteiger partial charge >= 0.3 is 5.97 Å². The van der Waals surface area contributed by atoms with Gasteiger partial charge in [0.1, 0.15) is 11.5 Å². The minimum absolute atomic E-state index is 0.0855. The van der Waals surface area contributed by atoms with Gasteiger partial charge in [-0.2, -0.15) is 0 Å². The smallest absolute Gasteiger partial charge is 0.309 e. The van der Waals surface area contributed by atoms with Crippen LogP contribution in [0.3, 0.4) is 0 Å². The topological polar surface area (TPSA) is 87.1 Å². The lowest BCUT2D eigenvalue weighted by Gasteiger charge is -2.42. The monoisotopic (exact) mass is 395 g/mol. The number of likely N-dealkylation sites (tertiary alicyclic amines) is 1. The standard InChI is InChI=1S/C22H23NO3.CH2O2/c24-21(25)16-13-23(14-16)17-9-10-22(12-17)11-15-5-1-3-7-19(15)26-20-8-4-2-6-18(20)22;2-1-3/h1-8,16-17H,9-14H2,(H,24,25);1H,(H,2,3). The lowest BCUT2D eigenvalue weighted by atomic mass is 9.74. The lowest BCUT2D eigenvalue weighted by Crippen LogP contribution is -2.54. The number of ether oxygens (including phenoxy) is 1. The molecule has 1 spiro atoms. The average Bonchev–Trinajstić information content (AvgIpc) is 3.01. The Morgan fingerprint density at radius 3 is 2.48 bits per heavy atom. The first-order valence-corrected chi connectivity index (χ1v) is 9.96. The third-order valence-corrected chi connectivity index (χ3v) is 6.54. The summed E-state index contributed by atoms with van der Waals surface area (Å²) < 4.78 is 6.28. The number of para-hydroxylation sites is 2. The Morgan fingerprint density at radius 2 is 1.76 bits per heavy atom. The minimum atomic E-state index is -0.656. The molecule has 2 heterocycles. The Labute approximate surface area is 169 Å². The van der Waals surface area contributed by atoms with Crippen molar-refractivity contribution in [3.63, 3.8) is 0 Å². The first-order valence-electron chi connectivity index (χ1n) is 9.96. The zero-order valence-corrected chi connectivity index (χ0v) is 16.2. The van der Waals surface area contributed by atoms with Crippen LogP contribution >= 0.6 is 0 Å². The number of aliphatic carboxylic acids is 1. The Hall–Kier alpha value is -2.86. The predicted octanol–water partition coefficient (Wildman–Crippen LogP) is 3.54. The van der Waals surface area contributed by atoms with E-state index in [-0.39, 0.29) is 17.8 Å². The maximum atomic E-state index is 11.1. The molecule has 0 radical (unpaired) electrons. The number of carbonyl (C=O) groups is 2. The zero-order valence-electron chi connectivity index (χ0n) is 16.2. The molecule has 0 bridgehead atoms. The van der Waals surface area contributed by atoms with E-state index in [4.69, 9.17) is 19.7 Å². The zero-order chi connectivity index (χ0) is 20.4. The molecule has 2 fully saturated rings. The van der Waals surface area contributed by atoms with Crippen LogP contribution in [0.15, 0.2) is 48.5 Å². The van der Waals surface area contributed by atoms with Gasteiger partial charge in [0.2, 0.25) is 0 Å². The quantitative estimate of drug-likeness (QED) is 0.757. The molecule has 6 heteroatoms. The molecule has 2 aromatic carbocycles. The fourth-order valence-corrected chi connectivity index (χ4v) is 5.10. The number of rotatable bonds is 2. The molecule has 2 N–H and O–H groups in total. The first kappa shape index (κ1) is 19.5. The highest BCUT2D eigenvalue weighted by Crippen LogP contribution is 2.52. The van der Waals surface area contributed by atoms with E-state index in [2.05, 4.69) is 41.3 Å². The summed E-state index contributed by atoms with van der Waals surface area (Å²) in [5.41, 5.74) is 2.67. The van der Waals surface area contributed by atoms with E-state index < -0.39 is 5.97 Å². The molecular formula is C23H25NO5. The van der Waals surface area contributed by atoms with Crippen LogP contribution in [0.4, 0.5) is 0 Å². The maximum Gasteiger partial charge on any atom is 0.309 e. The van der Waals surface area contributed by atoms with E-state index in [0.717, 1.165) is 37.2 Å². The van der Waals surface area contributed by atoms with Crippen LogP contribution < -0.4 is 4.74 Å². The first-order chi connectivity index (χ1) is 14.1. The van der Waals surface area contributed by atoms with Gasteiger partial charge in [0.25, 0.3) is 6.47 Å². The largest absolute Gasteiger partial charge is 0.483 e. The van der Waals surface area contributed by atoms with Crippen LogP contribution in [0.25, 0.3) is 0 Å². The number of carboxylic acids is 1. The summed E-state index contributed by atoms with van der Waals surface area (Å²) in [6, 6.07) is 17.3. The second-order valence-corrected chi connectivity index (χ2v) is 8.15. The van der Waals surface area contributed by atoms with Crippen molar-refractivity contribution in [2.75, 3.05) is 13.1 Å². The molecule has 2 aromatic rings. The van der Waals surface area contributed by atoms with Crippen molar-refractivity contribution < 1.29 is 24.5 Å². The maximum absolute atomic E-state index is 11.1. The fraction of sp³-hybridized carbons (Fsp3) is 0.391. The van der Waals surface area contributed by atoms with Crippen molar-refractivity contribution in [3.05, 3.63) is 59.7 Å². The number of hydrogen-bond donors (Lipinski definition) is 2. The summed E-state index contributed by atoms with van der Waals surface area (Å²) in [5, 5.41) is 16.1. The highest BCUT2D eigenvalue weighted by Gasteiger charge is 2.48. The molecule has 0 amide bonds. The highest BCUT2D eigenvalue weighted by atomic mass is 16.5. The number of hydrogen-bond acceptors (Lipinski definition) is 4. The SMILES string of the molecule is O=C(O)C1CN(C2CCC3(Cc4ccccc4Oc4ccccc43)C2)C1.O=CO. The van der Waals surface area contributed by atoms with E-state index in [1.807, 2.05) is 12.1 Å². The molecular weight excluding hydrogens is 370 g/mol. The lowest BCUT2D eigenvalue weighted by molar-refractivity contribution is -0.148. The van der Waals surface area contributed by atoms with E-state index in [9.17, 15) is 4.79 Å². The molecule has 152 valence electrons. The summed E-state index contributed by atoms with van der Waals surface area (Å²) in [7, 11) is 0. The molecule has 0 aromatic heterocycles. The molecule has 3 aliphatic rings. The fourth-order valence-electron chi connectivity index (χ4n) is 5.10. The molecule has 1 saturated carbocycles. The Morgan fingerprint density at radius 1 is 1.10 bits per heavy atom. The van der Waals surface area contributed by atoms with E-state index in [0.29, 0.717) is 19.1 Å². The Balaban J connectivity index is 0.000000645. The molecule has 2 atom stereocenters. The third kappa shape index (κ3) is 3.60. The van der Waals surface area contributed by atoms with Crippen LogP contribution in [-0.2, 0) is 21.4 Å². The number of fused-ring (bicyclic) bond motifs is 3. The van der Waals surface area contributed by atoms with Crippen molar-refractivity contribution in [2.24, 2.45) is 5.92 Å². The van der Waals surface area contributed by atoms with Crippen molar-refractivity contribution in [1.82, 2.24) is 4.90 Å². The highest BCUT2D eigenvalue weighted by molar-refractivity contribution is 5.71. The second-order valence-electron chi connectivity index (χ2n) is 8.15. The Bertz CT molecular complexity index is 908. The van der Waals surface area contributed by atoms with Gasteiger partial charge in [-0.25, -0.2) is 0 Å². The van der Waals surface area contributed by atoms with E-state index in [1.165, 1.54) is 11.1 Å². The van der Waals surface area contributed by atoms with Crippen molar-refractivity contribution in [2.45, 2.75) is 37.1 Å². The average molecular weight is 395 g/mol. The molecule has 1 saturated heterocycles. The number of benzene rings is 2. The molecule has 1 aliphatic carbocycles. The van der Waals surface area contributed by atoms with Crippen LogP contribution in [-0.4, -0.2) is 46.7 Å². The number of carboxylic acid groups (broad SMARTS) is 2. The van der Waals surface area contributed by atoms with Gasteiger partial charge in [-0.1, -0.05) is 36.4 Å². The van der Waals surface area contributed by atoms with Crippen LogP contribution in [0, 0.1) is 5.92 Å². The van der Waals surface area contributed by atoms with Crippen molar-refractivity contribution >= 4 is 12.4 Å². The molecule has 6 nitrogen and oxygen atoms in total. The van der Waals surface area contributed by atoms with Gasteiger partial charge in [-0.05, 0) is 43.4 Å². The van der Waals surface area contributed by atoms with Crippen LogP contribution in [0.2, 0.25) is 0 Å². The summed E-state index contributed by atoms with van der Waals surface area (Å²) in [6.07, 6.45) is 4.32. The van der Waals surface area contributed by atoms with Gasteiger partial charge in [0.05, 0.1) is 5.92 Å². The second kappa shape index (κ2) is 7.87. The van der Waals surface area contributed by atoms with Crippen LogP contribution in [0.1, 0.15) is 30.4 Å². The third-order valence-electron chi connectivity index (χ3n) is 6.54. The van der Waals surface area contributed by atoms with E-state index in [1.54, 1.807) is 0 Å². The van der Waals surface area contributed by atoms with Crippen LogP contribution in [0.5, 0.6) is 11.5 Å². The van der Waals surface area contributed by atoms with Gasteiger partial charge in [-0.3, -0.25) is 14.5 Å². The molecule has 29 heavy (non-hydrogen) atoms. The van der Waals surface area contributed by atoms with E-state index >= 15 is 0 Å². The predicted molar refractivity (Wildman–Crippen MR) is 107 cm³/mol. The van der Waals surface area contributed by atoms with Gasteiger partial charge in [-0.15, -0.1) is 0 Å². The minimum Gasteiger partial charge on any atom is -0.483 e. The number of nitrogens with zero attached hydrogens (tertiary/aromatic N) is 1. The van der Waals surface area contributed by atoms with Gasteiger partial charge in [0, 0.05) is 30.1 Å². The van der Waals surface area contributed by atoms with Crippen molar-refractivity contribution in [1.29, 1.82) is 0 Å². The van der Waals surface area contributed by atoms with Gasteiger partial charge < -0.3 is 14.9 Å². The molecule has 2 aliphatic heterocycles. The molecule has 5 rings (SSSR count). The molecule has 2 unspecified atom stereocenters. The normalized spacial score (nSPS) is 25.4. The van der Waals surface area contributed by atoms with Crippen molar-refractivity contribution in [3.8, 4) is 11.5 Å². The summed E-state index contributed by atoms with van der Waals surface area (Å²) in [6.45, 7) is 1.15. The summed E-state index contributed by atoms with van der Waals surface area (Å²) in [5.74, 6) is 1.11. The Kier molecular flexibility index (Phi) is 5.28. The summed E-state index contributed by atoms with van der Waals surface area (Å²) >= 11 is 0.